The number of hydrogen-bond donors (Lipinski definition) is 0. The van der Waals surface area contributed by atoms with Gasteiger partial charge in [0.1, 0.15) is 12.4 Å². The molecular formula is C21H23N3O. The van der Waals surface area contributed by atoms with E-state index in [1.54, 1.807) is 4.68 Å². The van der Waals surface area contributed by atoms with Crippen molar-refractivity contribution in [3.8, 4) is 11.4 Å². The first kappa shape index (κ1) is 17.1. The van der Waals surface area contributed by atoms with E-state index in [1.165, 1.54) is 5.56 Å². The van der Waals surface area contributed by atoms with E-state index in [2.05, 4.69) is 30.9 Å². The Hall–Kier alpha value is -2.75. The van der Waals surface area contributed by atoms with E-state index in [0.29, 0.717) is 11.4 Å². The van der Waals surface area contributed by atoms with Crippen LogP contribution < -0.4 is 0 Å². The normalized spacial score (nSPS) is 11.5. The van der Waals surface area contributed by atoms with Crippen LogP contribution in [0.3, 0.4) is 0 Å². The maximum atomic E-state index is 12.7. The molecule has 0 N–H and O–H groups in total. The van der Waals surface area contributed by atoms with E-state index in [1.807, 2.05) is 61.5 Å². The van der Waals surface area contributed by atoms with Crippen LogP contribution in [0.1, 0.15) is 42.5 Å². The number of Topliss-reactive ketones (excluding diaryl/α,β-unsaturated/α-hetero) is 1. The molecule has 0 unspecified atom stereocenters. The standard InChI is InChI=1S/C21H23N3O/c1-15-22-20(17-8-6-5-7-9-17)24(23-15)14-19(25)16-10-12-18(13-11-16)21(2,3)4/h5-13H,14H2,1-4H3. The maximum absolute atomic E-state index is 12.7. The SMILES string of the molecule is Cc1nc(-c2ccccc2)n(CC(=O)c2ccc(C(C)(C)C)cc2)n1. The number of carbonyl (C=O) groups excluding carboxylic acids is 1. The maximum Gasteiger partial charge on any atom is 0.184 e. The predicted molar refractivity (Wildman–Crippen MR) is 99.7 cm³/mol. The Morgan fingerprint density at radius 2 is 1.64 bits per heavy atom. The zero-order chi connectivity index (χ0) is 18.0. The number of nitrogens with zero attached hydrogens (tertiary/aromatic N) is 3. The van der Waals surface area contributed by atoms with Crippen LogP contribution in [-0.2, 0) is 12.0 Å². The minimum Gasteiger partial charge on any atom is -0.292 e. The number of aryl methyl sites for hydroxylation is 1. The lowest BCUT2D eigenvalue weighted by Gasteiger charge is -2.19. The second-order valence-corrected chi connectivity index (χ2v) is 7.26. The molecule has 0 saturated carbocycles. The van der Waals surface area contributed by atoms with Crippen LogP contribution in [-0.4, -0.2) is 20.5 Å². The Morgan fingerprint density at radius 3 is 2.24 bits per heavy atom. The zero-order valence-corrected chi connectivity index (χ0v) is 15.2. The van der Waals surface area contributed by atoms with Crippen molar-refractivity contribution in [2.45, 2.75) is 39.7 Å². The van der Waals surface area contributed by atoms with E-state index in [4.69, 9.17) is 0 Å². The van der Waals surface area contributed by atoms with Crippen LogP contribution in [0.5, 0.6) is 0 Å². The molecule has 0 fully saturated rings. The van der Waals surface area contributed by atoms with Crippen molar-refractivity contribution in [1.29, 1.82) is 0 Å². The summed E-state index contributed by atoms with van der Waals surface area (Å²) in [6.45, 7) is 8.50. The van der Waals surface area contributed by atoms with Gasteiger partial charge in [-0.15, -0.1) is 0 Å². The number of hydrogen-bond acceptors (Lipinski definition) is 3. The highest BCUT2D eigenvalue weighted by Gasteiger charge is 2.16. The summed E-state index contributed by atoms with van der Waals surface area (Å²) in [7, 11) is 0. The third-order valence-corrected chi connectivity index (χ3v) is 4.18. The van der Waals surface area contributed by atoms with Crippen molar-refractivity contribution in [2.24, 2.45) is 0 Å². The van der Waals surface area contributed by atoms with E-state index < -0.39 is 0 Å². The van der Waals surface area contributed by atoms with Gasteiger partial charge >= 0.3 is 0 Å². The number of rotatable bonds is 4. The molecule has 2 aromatic carbocycles. The fourth-order valence-electron chi connectivity index (χ4n) is 2.75. The summed E-state index contributed by atoms with van der Waals surface area (Å²) in [5, 5.41) is 4.39. The second kappa shape index (κ2) is 6.63. The third kappa shape index (κ3) is 3.85. The van der Waals surface area contributed by atoms with Crippen LogP contribution in [0.4, 0.5) is 0 Å². The third-order valence-electron chi connectivity index (χ3n) is 4.18. The fourth-order valence-corrected chi connectivity index (χ4v) is 2.75. The first-order valence-corrected chi connectivity index (χ1v) is 8.45. The van der Waals surface area contributed by atoms with Gasteiger partial charge in [0.25, 0.3) is 0 Å². The summed E-state index contributed by atoms with van der Waals surface area (Å²) >= 11 is 0. The molecule has 0 radical (unpaired) electrons. The minimum atomic E-state index is 0.0301. The summed E-state index contributed by atoms with van der Waals surface area (Å²) in [5.74, 6) is 1.41. The molecule has 25 heavy (non-hydrogen) atoms. The van der Waals surface area contributed by atoms with Crippen molar-refractivity contribution in [1.82, 2.24) is 14.8 Å². The molecule has 3 aromatic rings. The van der Waals surface area contributed by atoms with Crippen molar-refractivity contribution in [3.63, 3.8) is 0 Å². The molecule has 1 heterocycles. The van der Waals surface area contributed by atoms with Gasteiger partial charge in [0, 0.05) is 11.1 Å². The monoisotopic (exact) mass is 333 g/mol. The van der Waals surface area contributed by atoms with Gasteiger partial charge < -0.3 is 0 Å². The van der Waals surface area contributed by atoms with Crippen LogP contribution in [0.2, 0.25) is 0 Å². The highest BCUT2D eigenvalue weighted by Crippen LogP contribution is 2.23. The number of benzene rings is 2. The van der Waals surface area contributed by atoms with Gasteiger partial charge in [0.05, 0.1) is 0 Å². The Morgan fingerprint density at radius 1 is 1.00 bits per heavy atom. The summed E-state index contributed by atoms with van der Waals surface area (Å²) in [6.07, 6.45) is 0. The molecule has 3 rings (SSSR count). The number of ketones is 1. The van der Waals surface area contributed by atoms with Gasteiger partial charge in [0.2, 0.25) is 0 Å². The highest BCUT2D eigenvalue weighted by atomic mass is 16.1. The van der Waals surface area contributed by atoms with Gasteiger partial charge in [-0.05, 0) is 17.9 Å². The summed E-state index contributed by atoms with van der Waals surface area (Å²) in [4.78, 5) is 17.2. The molecule has 4 nitrogen and oxygen atoms in total. The summed E-state index contributed by atoms with van der Waals surface area (Å²) < 4.78 is 1.69. The molecule has 0 aliphatic carbocycles. The quantitative estimate of drug-likeness (QED) is 0.663. The van der Waals surface area contributed by atoms with Gasteiger partial charge in [-0.25, -0.2) is 9.67 Å². The molecule has 0 bridgehead atoms. The lowest BCUT2D eigenvalue weighted by Crippen LogP contribution is -2.14. The Bertz CT molecular complexity index is 872. The fraction of sp³-hybridized carbons (Fsp3) is 0.286. The van der Waals surface area contributed by atoms with E-state index in [9.17, 15) is 4.79 Å². The van der Waals surface area contributed by atoms with Gasteiger partial charge in [0.15, 0.2) is 11.6 Å². The first-order valence-electron chi connectivity index (χ1n) is 8.45. The molecule has 0 atom stereocenters. The van der Waals surface area contributed by atoms with Crippen LogP contribution in [0.15, 0.2) is 54.6 Å². The van der Waals surface area contributed by atoms with E-state index in [0.717, 1.165) is 11.4 Å². The predicted octanol–water partition coefficient (Wildman–Crippen LogP) is 4.43. The van der Waals surface area contributed by atoms with Crippen LogP contribution in [0, 0.1) is 6.92 Å². The molecule has 0 saturated heterocycles. The van der Waals surface area contributed by atoms with Crippen molar-refractivity contribution >= 4 is 5.78 Å². The molecule has 4 heteroatoms. The van der Waals surface area contributed by atoms with Crippen LogP contribution >= 0.6 is 0 Å². The van der Waals surface area contributed by atoms with Gasteiger partial charge in [-0.2, -0.15) is 5.10 Å². The molecule has 0 aliphatic heterocycles. The minimum absolute atomic E-state index is 0.0301. The summed E-state index contributed by atoms with van der Waals surface area (Å²) in [5.41, 5.74) is 2.94. The highest BCUT2D eigenvalue weighted by molar-refractivity contribution is 5.96. The average molecular weight is 333 g/mol. The molecule has 1 aromatic heterocycles. The second-order valence-electron chi connectivity index (χ2n) is 7.26. The molecule has 0 spiro atoms. The lowest BCUT2D eigenvalue weighted by molar-refractivity contribution is 0.0968. The molecule has 0 aliphatic rings. The number of aromatic nitrogens is 3. The van der Waals surface area contributed by atoms with Gasteiger partial charge in [-0.1, -0.05) is 75.4 Å². The lowest BCUT2D eigenvalue weighted by atomic mass is 9.86. The molecular weight excluding hydrogens is 310 g/mol. The Labute approximate surface area is 148 Å². The van der Waals surface area contributed by atoms with Crippen molar-refractivity contribution < 1.29 is 4.79 Å². The largest absolute Gasteiger partial charge is 0.292 e. The Balaban J connectivity index is 1.85. The average Bonchev–Trinajstić information content (AvgIpc) is 2.95. The van der Waals surface area contributed by atoms with E-state index >= 15 is 0 Å². The first-order chi connectivity index (χ1) is 11.8. The zero-order valence-electron chi connectivity index (χ0n) is 15.2. The van der Waals surface area contributed by atoms with E-state index in [-0.39, 0.29) is 17.7 Å². The molecule has 0 amide bonds. The van der Waals surface area contributed by atoms with Crippen molar-refractivity contribution in [3.05, 3.63) is 71.5 Å². The Kier molecular flexibility index (Phi) is 4.53. The van der Waals surface area contributed by atoms with Gasteiger partial charge in [-0.3, -0.25) is 4.79 Å². The smallest absolute Gasteiger partial charge is 0.184 e. The number of carbonyl (C=O) groups is 1. The summed E-state index contributed by atoms with van der Waals surface area (Å²) in [6, 6.07) is 17.7. The topological polar surface area (TPSA) is 47.8 Å². The molecule has 128 valence electrons. The van der Waals surface area contributed by atoms with Crippen molar-refractivity contribution in [2.75, 3.05) is 0 Å². The van der Waals surface area contributed by atoms with Crippen LogP contribution in [0.25, 0.3) is 11.4 Å².